The van der Waals surface area contributed by atoms with Gasteiger partial charge in [0.1, 0.15) is 5.75 Å². The fourth-order valence-electron chi connectivity index (χ4n) is 3.54. The molecule has 1 amide bonds. The van der Waals surface area contributed by atoms with Crippen LogP contribution < -0.4 is 4.74 Å². The zero-order chi connectivity index (χ0) is 16.5. The predicted octanol–water partition coefficient (Wildman–Crippen LogP) is 1.20. The Hall–Kier alpha value is -2.41. The van der Waals surface area contributed by atoms with Crippen LogP contribution in [0.4, 0.5) is 0 Å². The number of rotatable bonds is 3. The number of nitrogens with zero attached hydrogens (tertiary/aromatic N) is 4. The van der Waals surface area contributed by atoms with E-state index in [2.05, 4.69) is 10.3 Å². The van der Waals surface area contributed by atoms with Gasteiger partial charge in [0.25, 0.3) is 0 Å². The third kappa shape index (κ3) is 2.65. The van der Waals surface area contributed by atoms with E-state index in [1.807, 2.05) is 33.8 Å². The van der Waals surface area contributed by atoms with Crippen LogP contribution in [0.25, 0.3) is 0 Å². The Balaban J connectivity index is 1.44. The molecule has 7 heteroatoms. The minimum Gasteiger partial charge on any atom is -0.496 e. The maximum atomic E-state index is 12.7. The lowest BCUT2D eigenvalue weighted by molar-refractivity contribution is -0.138. The number of amides is 1. The summed E-state index contributed by atoms with van der Waals surface area (Å²) < 4.78 is 13.2. The summed E-state index contributed by atoms with van der Waals surface area (Å²) in [6, 6.07) is 7.82. The molecule has 2 aliphatic rings. The first kappa shape index (κ1) is 15.1. The lowest BCUT2D eigenvalue weighted by atomic mass is 9.99. The number of fused-ring (bicyclic) bond motifs is 3. The second-order valence-corrected chi connectivity index (χ2v) is 6.20. The fraction of sp³-hybridized carbons (Fsp3) is 0.471. The Bertz CT molecular complexity index is 745. The van der Waals surface area contributed by atoms with Gasteiger partial charge in [-0.3, -0.25) is 4.79 Å². The Morgan fingerprint density at radius 1 is 1.42 bits per heavy atom. The second-order valence-electron chi connectivity index (χ2n) is 6.20. The van der Waals surface area contributed by atoms with Crippen LogP contribution in [-0.2, 0) is 22.6 Å². The number of hydrogen-bond acceptors (Lipinski definition) is 5. The Morgan fingerprint density at radius 2 is 2.29 bits per heavy atom. The summed E-state index contributed by atoms with van der Waals surface area (Å²) in [6.45, 7) is 1.80. The van der Waals surface area contributed by atoms with Crippen molar-refractivity contribution in [2.24, 2.45) is 0 Å². The summed E-state index contributed by atoms with van der Waals surface area (Å²) in [4.78, 5) is 14.6. The molecule has 0 saturated carbocycles. The van der Waals surface area contributed by atoms with Gasteiger partial charge in [-0.1, -0.05) is 23.4 Å². The minimum absolute atomic E-state index is 0.0189. The van der Waals surface area contributed by atoms with E-state index in [-0.39, 0.29) is 18.1 Å². The van der Waals surface area contributed by atoms with Gasteiger partial charge in [-0.15, -0.1) is 5.10 Å². The number of carbonyl (C=O) groups is 1. The highest BCUT2D eigenvalue weighted by atomic mass is 16.5. The van der Waals surface area contributed by atoms with E-state index in [0.29, 0.717) is 26.1 Å². The van der Waals surface area contributed by atoms with Crippen LogP contribution in [0.5, 0.6) is 5.75 Å². The molecule has 0 spiro atoms. The molecule has 0 N–H and O–H groups in total. The number of carbonyl (C=O) groups excluding carboxylic acids is 1. The average Bonchev–Trinajstić information content (AvgIpc) is 3.10. The number of methoxy groups -OCH3 is 1. The molecule has 0 bridgehead atoms. The van der Waals surface area contributed by atoms with Crippen molar-refractivity contribution < 1.29 is 14.3 Å². The van der Waals surface area contributed by atoms with E-state index in [9.17, 15) is 4.79 Å². The van der Waals surface area contributed by atoms with E-state index in [0.717, 1.165) is 23.4 Å². The number of likely N-dealkylation sites (tertiary alicyclic amines) is 1. The molecule has 1 saturated heterocycles. The summed E-state index contributed by atoms with van der Waals surface area (Å²) in [6.07, 6.45) is 2.90. The molecule has 1 aromatic heterocycles. The largest absolute Gasteiger partial charge is 0.496 e. The highest BCUT2D eigenvalue weighted by Gasteiger charge is 2.37. The maximum absolute atomic E-state index is 12.7. The zero-order valence-electron chi connectivity index (χ0n) is 13.6. The van der Waals surface area contributed by atoms with Crippen molar-refractivity contribution in [2.45, 2.75) is 31.6 Å². The second kappa shape index (κ2) is 6.24. The van der Waals surface area contributed by atoms with Crippen LogP contribution in [0.2, 0.25) is 0 Å². The Kier molecular flexibility index (Phi) is 3.93. The van der Waals surface area contributed by atoms with Crippen molar-refractivity contribution in [1.29, 1.82) is 0 Å². The molecule has 24 heavy (non-hydrogen) atoms. The summed E-state index contributed by atoms with van der Waals surface area (Å²) >= 11 is 0. The van der Waals surface area contributed by atoms with Gasteiger partial charge in [0, 0.05) is 18.7 Å². The van der Waals surface area contributed by atoms with Crippen LogP contribution >= 0.6 is 0 Å². The first-order chi connectivity index (χ1) is 11.8. The molecule has 1 fully saturated rings. The summed E-state index contributed by atoms with van der Waals surface area (Å²) in [7, 11) is 1.63. The normalized spacial score (nSPS) is 22.6. The monoisotopic (exact) mass is 328 g/mol. The van der Waals surface area contributed by atoms with Crippen molar-refractivity contribution in [3.05, 3.63) is 41.7 Å². The summed E-state index contributed by atoms with van der Waals surface area (Å²) in [5, 5.41) is 8.13. The molecular formula is C17H20N4O3. The summed E-state index contributed by atoms with van der Waals surface area (Å²) in [5.41, 5.74) is 1.92. The first-order valence-corrected chi connectivity index (χ1v) is 8.16. The molecule has 4 rings (SSSR count). The highest BCUT2D eigenvalue weighted by molar-refractivity contribution is 5.79. The Labute approximate surface area is 140 Å². The molecule has 126 valence electrons. The Morgan fingerprint density at radius 3 is 3.17 bits per heavy atom. The van der Waals surface area contributed by atoms with Crippen LogP contribution in [0.15, 0.2) is 30.5 Å². The van der Waals surface area contributed by atoms with Gasteiger partial charge in [0.05, 0.1) is 44.2 Å². The molecule has 7 nitrogen and oxygen atoms in total. The number of aromatic nitrogens is 3. The van der Waals surface area contributed by atoms with E-state index in [1.165, 1.54) is 0 Å². The standard InChI is InChI=1S/C17H20N4O3/c1-23-15-5-3-2-4-12(15)8-17(22)20-7-6-14-16(10-20)24-11-13-9-18-19-21(13)14/h2-5,9,14,16H,6-8,10-11H2,1H3/t14-,16-/m0/s1. The van der Waals surface area contributed by atoms with Crippen LogP contribution in [0.3, 0.4) is 0 Å². The van der Waals surface area contributed by atoms with Gasteiger partial charge in [0.2, 0.25) is 5.91 Å². The zero-order valence-corrected chi connectivity index (χ0v) is 13.6. The smallest absolute Gasteiger partial charge is 0.227 e. The summed E-state index contributed by atoms with van der Waals surface area (Å²) in [5.74, 6) is 0.854. The van der Waals surface area contributed by atoms with Crippen LogP contribution in [0.1, 0.15) is 23.7 Å². The molecule has 0 aliphatic carbocycles. The van der Waals surface area contributed by atoms with Crippen molar-refractivity contribution in [1.82, 2.24) is 19.9 Å². The minimum atomic E-state index is -0.0189. The molecule has 2 aromatic rings. The van der Waals surface area contributed by atoms with E-state index >= 15 is 0 Å². The van der Waals surface area contributed by atoms with Crippen molar-refractivity contribution in [3.63, 3.8) is 0 Å². The first-order valence-electron chi connectivity index (χ1n) is 8.16. The van der Waals surface area contributed by atoms with Crippen molar-refractivity contribution >= 4 is 5.91 Å². The van der Waals surface area contributed by atoms with Gasteiger partial charge in [0.15, 0.2) is 0 Å². The number of ether oxygens (including phenoxy) is 2. The van der Waals surface area contributed by atoms with Gasteiger partial charge in [-0.2, -0.15) is 0 Å². The van der Waals surface area contributed by atoms with Crippen LogP contribution in [0, 0.1) is 0 Å². The lowest BCUT2D eigenvalue weighted by Gasteiger charge is -2.41. The van der Waals surface area contributed by atoms with Crippen molar-refractivity contribution in [2.75, 3.05) is 20.2 Å². The topological polar surface area (TPSA) is 69.5 Å². The average molecular weight is 328 g/mol. The highest BCUT2D eigenvalue weighted by Crippen LogP contribution is 2.31. The van der Waals surface area contributed by atoms with Crippen molar-refractivity contribution in [3.8, 4) is 5.75 Å². The molecule has 0 unspecified atom stereocenters. The third-order valence-corrected chi connectivity index (χ3v) is 4.82. The van der Waals surface area contributed by atoms with E-state index < -0.39 is 0 Å². The lowest BCUT2D eigenvalue weighted by Crippen LogP contribution is -2.50. The van der Waals surface area contributed by atoms with E-state index in [1.54, 1.807) is 13.3 Å². The number of benzene rings is 1. The SMILES string of the molecule is COc1ccccc1CC(=O)N1CC[C@H]2[C@H](C1)OCc1cnnn12. The maximum Gasteiger partial charge on any atom is 0.227 e. The van der Waals surface area contributed by atoms with Gasteiger partial charge in [-0.05, 0) is 12.5 Å². The van der Waals surface area contributed by atoms with E-state index in [4.69, 9.17) is 9.47 Å². The van der Waals surface area contributed by atoms with Crippen LogP contribution in [-0.4, -0.2) is 52.1 Å². The van der Waals surface area contributed by atoms with Gasteiger partial charge in [-0.25, -0.2) is 4.68 Å². The molecular weight excluding hydrogens is 308 g/mol. The van der Waals surface area contributed by atoms with Gasteiger partial charge >= 0.3 is 0 Å². The number of para-hydroxylation sites is 1. The molecule has 1 aromatic carbocycles. The third-order valence-electron chi connectivity index (χ3n) is 4.82. The molecule has 2 atom stereocenters. The molecule has 0 radical (unpaired) electrons. The predicted molar refractivity (Wildman–Crippen MR) is 85.5 cm³/mol. The number of piperidine rings is 1. The quantitative estimate of drug-likeness (QED) is 0.847. The van der Waals surface area contributed by atoms with Gasteiger partial charge < -0.3 is 14.4 Å². The fourth-order valence-corrected chi connectivity index (χ4v) is 3.54. The number of hydrogen-bond donors (Lipinski definition) is 0. The molecule has 2 aliphatic heterocycles. The molecule has 3 heterocycles.